The van der Waals surface area contributed by atoms with Crippen LogP contribution in [0.1, 0.15) is 30.8 Å². The molecular weight excluding hydrogens is 282 g/mol. The van der Waals surface area contributed by atoms with Crippen molar-refractivity contribution in [3.8, 4) is 11.5 Å². The number of nitrogens with two attached hydrogens (primary N) is 1. The summed E-state index contributed by atoms with van der Waals surface area (Å²) in [6.07, 6.45) is 0.775. The van der Waals surface area contributed by atoms with Gasteiger partial charge in [-0.3, -0.25) is 0 Å². The number of hydrogen-bond donors (Lipinski definition) is 1. The summed E-state index contributed by atoms with van der Waals surface area (Å²) in [5.74, 6) is 0.978. The number of aromatic nitrogens is 2. The van der Waals surface area contributed by atoms with E-state index in [2.05, 4.69) is 26.1 Å². The van der Waals surface area contributed by atoms with Crippen LogP contribution in [0, 0.1) is 6.92 Å². The standard InChI is InChI=1S/C12H14BrN3O/c1-3-10(14)12-16-15-11(17-12)8-5-4-7(2)6-9(8)13/h4-6,10H,3,14H2,1-2H3. The Labute approximate surface area is 108 Å². The van der Waals surface area contributed by atoms with Crippen LogP contribution in [-0.2, 0) is 0 Å². The molecule has 0 amide bonds. The van der Waals surface area contributed by atoms with E-state index in [4.69, 9.17) is 10.2 Å². The van der Waals surface area contributed by atoms with Crippen molar-refractivity contribution < 1.29 is 4.42 Å². The highest BCUT2D eigenvalue weighted by Gasteiger charge is 2.15. The fourth-order valence-electron chi connectivity index (χ4n) is 1.46. The number of nitrogens with zero attached hydrogens (tertiary/aromatic N) is 2. The lowest BCUT2D eigenvalue weighted by Gasteiger charge is -2.02. The van der Waals surface area contributed by atoms with E-state index in [9.17, 15) is 0 Å². The highest BCUT2D eigenvalue weighted by Crippen LogP contribution is 2.29. The maximum absolute atomic E-state index is 5.84. The van der Waals surface area contributed by atoms with E-state index in [0.717, 1.165) is 16.5 Å². The lowest BCUT2D eigenvalue weighted by atomic mass is 10.1. The molecule has 1 aromatic heterocycles. The van der Waals surface area contributed by atoms with Crippen molar-refractivity contribution >= 4 is 15.9 Å². The average molecular weight is 296 g/mol. The molecular formula is C12H14BrN3O. The average Bonchev–Trinajstić information content (AvgIpc) is 2.77. The Balaban J connectivity index is 2.37. The largest absolute Gasteiger partial charge is 0.419 e. The number of benzene rings is 1. The molecule has 0 radical (unpaired) electrons. The third kappa shape index (κ3) is 2.56. The van der Waals surface area contributed by atoms with Gasteiger partial charge >= 0.3 is 0 Å². The molecule has 2 N–H and O–H groups in total. The van der Waals surface area contributed by atoms with Gasteiger partial charge in [-0.15, -0.1) is 10.2 Å². The molecule has 0 aliphatic rings. The summed E-state index contributed by atoms with van der Waals surface area (Å²) < 4.78 is 6.51. The maximum atomic E-state index is 5.84. The molecule has 0 saturated heterocycles. The zero-order valence-electron chi connectivity index (χ0n) is 9.77. The van der Waals surface area contributed by atoms with Crippen molar-refractivity contribution in [3.63, 3.8) is 0 Å². The lowest BCUT2D eigenvalue weighted by Crippen LogP contribution is -2.08. The second kappa shape index (κ2) is 4.98. The van der Waals surface area contributed by atoms with Crippen LogP contribution in [0.2, 0.25) is 0 Å². The van der Waals surface area contributed by atoms with Crippen LogP contribution in [-0.4, -0.2) is 10.2 Å². The SMILES string of the molecule is CCC(N)c1nnc(-c2ccc(C)cc2Br)o1. The normalized spacial score (nSPS) is 12.7. The third-order valence-electron chi connectivity index (χ3n) is 2.55. The maximum Gasteiger partial charge on any atom is 0.248 e. The van der Waals surface area contributed by atoms with Crippen molar-refractivity contribution in [2.75, 3.05) is 0 Å². The van der Waals surface area contributed by atoms with Gasteiger partial charge in [0.1, 0.15) is 0 Å². The molecule has 0 saturated carbocycles. The van der Waals surface area contributed by atoms with Gasteiger partial charge in [-0.2, -0.15) is 0 Å². The molecule has 0 aliphatic heterocycles. The molecule has 1 unspecified atom stereocenters. The fourth-order valence-corrected chi connectivity index (χ4v) is 2.12. The van der Waals surface area contributed by atoms with Crippen molar-refractivity contribution in [1.29, 1.82) is 0 Å². The quantitative estimate of drug-likeness (QED) is 0.944. The van der Waals surface area contributed by atoms with Gasteiger partial charge in [0.2, 0.25) is 11.8 Å². The summed E-state index contributed by atoms with van der Waals surface area (Å²) in [5, 5.41) is 7.98. The van der Waals surface area contributed by atoms with Gasteiger partial charge in [-0.25, -0.2) is 0 Å². The molecule has 4 nitrogen and oxygen atoms in total. The molecule has 2 rings (SSSR count). The van der Waals surface area contributed by atoms with Crippen LogP contribution in [0.25, 0.3) is 11.5 Å². The Bertz CT molecular complexity index is 524. The number of hydrogen-bond acceptors (Lipinski definition) is 4. The molecule has 0 fully saturated rings. The van der Waals surface area contributed by atoms with E-state index in [0.29, 0.717) is 11.8 Å². The predicted octanol–water partition coefficient (Wildman–Crippen LogP) is 3.22. The summed E-state index contributed by atoms with van der Waals surface area (Å²) in [6, 6.07) is 5.78. The number of aryl methyl sites for hydroxylation is 1. The molecule has 0 aliphatic carbocycles. The molecule has 0 bridgehead atoms. The van der Waals surface area contributed by atoms with Gasteiger partial charge in [-0.05, 0) is 47.0 Å². The van der Waals surface area contributed by atoms with Gasteiger partial charge in [0.25, 0.3) is 0 Å². The molecule has 17 heavy (non-hydrogen) atoms. The summed E-state index contributed by atoms with van der Waals surface area (Å²) in [4.78, 5) is 0. The molecule has 1 atom stereocenters. The van der Waals surface area contributed by atoms with Crippen LogP contribution >= 0.6 is 15.9 Å². The highest BCUT2D eigenvalue weighted by molar-refractivity contribution is 9.10. The predicted molar refractivity (Wildman–Crippen MR) is 69.4 cm³/mol. The number of halogens is 1. The molecule has 1 heterocycles. The van der Waals surface area contributed by atoms with E-state index >= 15 is 0 Å². The first-order valence-corrected chi connectivity index (χ1v) is 6.26. The van der Waals surface area contributed by atoms with E-state index in [-0.39, 0.29) is 6.04 Å². The zero-order chi connectivity index (χ0) is 12.4. The summed E-state index contributed by atoms with van der Waals surface area (Å²) in [5.41, 5.74) is 7.90. The van der Waals surface area contributed by atoms with Gasteiger partial charge in [0, 0.05) is 4.47 Å². The lowest BCUT2D eigenvalue weighted by molar-refractivity contribution is 0.452. The first kappa shape index (κ1) is 12.3. The zero-order valence-corrected chi connectivity index (χ0v) is 11.4. The topological polar surface area (TPSA) is 64.9 Å². The minimum atomic E-state index is -0.194. The molecule has 5 heteroatoms. The van der Waals surface area contributed by atoms with E-state index in [1.165, 1.54) is 5.56 Å². The van der Waals surface area contributed by atoms with Crippen molar-refractivity contribution in [3.05, 3.63) is 34.1 Å². The van der Waals surface area contributed by atoms with Crippen molar-refractivity contribution in [1.82, 2.24) is 10.2 Å². The Morgan fingerprint density at radius 3 is 2.82 bits per heavy atom. The molecule has 1 aromatic carbocycles. The first-order valence-electron chi connectivity index (χ1n) is 5.47. The summed E-state index contributed by atoms with van der Waals surface area (Å²) in [6.45, 7) is 4.01. The van der Waals surface area contributed by atoms with Gasteiger partial charge in [0.15, 0.2) is 0 Å². The monoisotopic (exact) mass is 295 g/mol. The van der Waals surface area contributed by atoms with Crippen molar-refractivity contribution in [2.24, 2.45) is 5.73 Å². The fraction of sp³-hybridized carbons (Fsp3) is 0.333. The highest BCUT2D eigenvalue weighted by atomic mass is 79.9. The van der Waals surface area contributed by atoms with Crippen LogP contribution in [0.15, 0.2) is 27.1 Å². The first-order chi connectivity index (χ1) is 8.11. The van der Waals surface area contributed by atoms with Gasteiger partial charge < -0.3 is 10.2 Å². The number of rotatable bonds is 3. The molecule has 0 spiro atoms. The summed E-state index contributed by atoms with van der Waals surface area (Å²) in [7, 11) is 0. The second-order valence-electron chi connectivity index (χ2n) is 3.94. The minimum Gasteiger partial charge on any atom is -0.419 e. The van der Waals surface area contributed by atoms with Crippen LogP contribution in [0.3, 0.4) is 0 Å². The van der Waals surface area contributed by atoms with E-state index in [1.54, 1.807) is 0 Å². The third-order valence-corrected chi connectivity index (χ3v) is 3.21. The van der Waals surface area contributed by atoms with Gasteiger partial charge in [-0.1, -0.05) is 13.0 Å². The van der Waals surface area contributed by atoms with Crippen LogP contribution in [0.5, 0.6) is 0 Å². The second-order valence-corrected chi connectivity index (χ2v) is 4.80. The minimum absolute atomic E-state index is 0.194. The molecule has 90 valence electrons. The van der Waals surface area contributed by atoms with Gasteiger partial charge in [0.05, 0.1) is 11.6 Å². The van der Waals surface area contributed by atoms with Crippen LogP contribution in [0.4, 0.5) is 0 Å². The Hall–Kier alpha value is -1.20. The van der Waals surface area contributed by atoms with Crippen LogP contribution < -0.4 is 5.73 Å². The Morgan fingerprint density at radius 1 is 1.41 bits per heavy atom. The van der Waals surface area contributed by atoms with Crippen molar-refractivity contribution in [2.45, 2.75) is 26.3 Å². The summed E-state index contributed by atoms with van der Waals surface area (Å²) >= 11 is 3.49. The molecule has 2 aromatic rings. The van der Waals surface area contributed by atoms with E-state index < -0.39 is 0 Å². The Kier molecular flexibility index (Phi) is 3.59. The van der Waals surface area contributed by atoms with E-state index in [1.807, 2.05) is 32.0 Å². The smallest absolute Gasteiger partial charge is 0.248 e. The Morgan fingerprint density at radius 2 is 2.18 bits per heavy atom.